The third kappa shape index (κ3) is 5.11. The number of amides is 1. The maximum atomic E-state index is 11.4. The highest BCUT2D eigenvalue weighted by Gasteiger charge is 2.08. The Balaban J connectivity index is 0.00000121. The van der Waals surface area contributed by atoms with Gasteiger partial charge in [0.25, 0.3) is 11.6 Å². The minimum Gasteiger partial charge on any atom is -0.381 e. The van der Waals surface area contributed by atoms with Crippen molar-refractivity contribution in [2.45, 2.75) is 13.3 Å². The van der Waals surface area contributed by atoms with E-state index in [1.165, 1.54) is 24.3 Å². The van der Waals surface area contributed by atoms with E-state index in [0.717, 1.165) is 6.42 Å². The number of nitro benzene ring substituents is 1. The molecular weight excluding hydrogens is 240 g/mol. The summed E-state index contributed by atoms with van der Waals surface area (Å²) in [4.78, 5) is 21.3. The number of nitrogens with one attached hydrogen (secondary N) is 1. The van der Waals surface area contributed by atoms with E-state index < -0.39 is 4.92 Å². The Kier molecular flexibility index (Phi) is 7.36. The second kappa shape index (κ2) is 8.28. The molecule has 17 heavy (non-hydrogen) atoms. The lowest BCUT2D eigenvalue weighted by Crippen LogP contribution is -2.23. The minimum absolute atomic E-state index is 0.0120. The Morgan fingerprint density at radius 3 is 2.29 bits per heavy atom. The minimum atomic E-state index is -0.492. The molecule has 1 aromatic rings. The summed E-state index contributed by atoms with van der Waals surface area (Å²) in [6, 6.07) is 5.54. The maximum absolute atomic E-state index is 11.4. The van der Waals surface area contributed by atoms with Crippen molar-refractivity contribution in [2.24, 2.45) is 0 Å². The molecule has 1 rings (SSSR count). The lowest BCUT2D eigenvalue weighted by atomic mass is 10.2. The van der Waals surface area contributed by atoms with Crippen LogP contribution in [0.25, 0.3) is 0 Å². The zero-order chi connectivity index (χ0) is 13.3. The first-order valence-electron chi connectivity index (χ1n) is 4.88. The Labute approximate surface area is 102 Å². The number of carbonyl (C=O) groups is 1. The quantitative estimate of drug-likeness (QED) is 0.496. The highest BCUT2D eigenvalue weighted by atomic mass is 28.1. The van der Waals surface area contributed by atoms with Gasteiger partial charge in [0.1, 0.15) is 0 Å². The molecule has 7 heteroatoms. The van der Waals surface area contributed by atoms with Crippen molar-refractivity contribution in [3.8, 4) is 0 Å². The first kappa shape index (κ1) is 15.1. The summed E-state index contributed by atoms with van der Waals surface area (Å²) in [6.07, 6.45) is 0.860. The van der Waals surface area contributed by atoms with Gasteiger partial charge in [-0.05, 0) is 18.6 Å². The Hall–Kier alpha value is -1.89. The molecule has 0 unspecified atom stereocenters. The van der Waals surface area contributed by atoms with Crippen LogP contribution in [0.3, 0.4) is 0 Å². The molecule has 0 aromatic heterocycles. The van der Waals surface area contributed by atoms with Gasteiger partial charge < -0.3 is 9.78 Å². The van der Waals surface area contributed by atoms with E-state index in [2.05, 4.69) is 5.32 Å². The van der Waals surface area contributed by atoms with E-state index in [9.17, 15) is 14.9 Å². The zero-order valence-corrected chi connectivity index (χ0v) is 10.3. The molecule has 0 saturated heterocycles. The second-order valence-corrected chi connectivity index (χ2v) is 3.06. The highest BCUT2D eigenvalue weighted by molar-refractivity contribution is 5.94. The van der Waals surface area contributed by atoms with Crippen molar-refractivity contribution in [3.63, 3.8) is 0 Å². The van der Waals surface area contributed by atoms with E-state index in [1.807, 2.05) is 6.92 Å². The second-order valence-electron chi connectivity index (χ2n) is 3.06. The SMILES string of the molecule is CCCNC(=O)c1ccc([N+](=O)[O-])cc1.O=[Si]. The summed E-state index contributed by atoms with van der Waals surface area (Å²) in [5, 5.41) is 13.0. The number of non-ortho nitro benzene ring substituents is 1. The topological polar surface area (TPSA) is 89.3 Å². The van der Waals surface area contributed by atoms with Gasteiger partial charge >= 0.3 is 10.1 Å². The number of nitro groups is 1. The molecule has 0 aliphatic carbocycles. The van der Waals surface area contributed by atoms with E-state index in [1.54, 1.807) is 10.1 Å². The standard InChI is InChI=1S/C10H12N2O3.OSi/c1-2-7-11-10(13)8-3-5-9(6-4-8)12(14)15;1-2/h3-6H,2,7H2,1H3,(H,11,13);. The average molecular weight is 252 g/mol. The molecule has 6 nitrogen and oxygen atoms in total. The van der Waals surface area contributed by atoms with Crippen LogP contribution in [0.2, 0.25) is 0 Å². The summed E-state index contributed by atoms with van der Waals surface area (Å²) in [6.45, 7) is 2.56. The van der Waals surface area contributed by atoms with Crippen LogP contribution in [0, 0.1) is 10.1 Å². The van der Waals surface area contributed by atoms with E-state index in [-0.39, 0.29) is 11.6 Å². The Bertz CT molecular complexity index is 380. The lowest BCUT2D eigenvalue weighted by molar-refractivity contribution is -0.384. The van der Waals surface area contributed by atoms with Gasteiger partial charge in [0.2, 0.25) is 0 Å². The molecule has 0 fully saturated rings. The smallest absolute Gasteiger partial charge is 0.381 e. The number of nitrogens with zero attached hydrogens (tertiary/aromatic N) is 1. The monoisotopic (exact) mass is 252 g/mol. The third-order valence-corrected chi connectivity index (χ3v) is 1.88. The van der Waals surface area contributed by atoms with Gasteiger partial charge in [0.05, 0.1) is 4.92 Å². The van der Waals surface area contributed by atoms with Crippen molar-refractivity contribution in [3.05, 3.63) is 39.9 Å². The molecule has 1 N–H and O–H groups in total. The van der Waals surface area contributed by atoms with Crippen LogP contribution in [0.5, 0.6) is 0 Å². The predicted molar refractivity (Wildman–Crippen MR) is 62.2 cm³/mol. The zero-order valence-electron chi connectivity index (χ0n) is 9.30. The Morgan fingerprint density at radius 1 is 1.35 bits per heavy atom. The molecule has 90 valence electrons. The van der Waals surface area contributed by atoms with Crippen LogP contribution in [-0.2, 0) is 4.46 Å². The molecule has 0 heterocycles. The summed E-state index contributed by atoms with van der Waals surface area (Å²) in [5.41, 5.74) is 0.427. The molecule has 0 bridgehead atoms. The first-order chi connectivity index (χ1) is 8.15. The fraction of sp³-hybridized carbons (Fsp3) is 0.300. The van der Waals surface area contributed by atoms with E-state index in [4.69, 9.17) is 4.46 Å². The fourth-order valence-electron chi connectivity index (χ4n) is 1.08. The number of hydrogen-bond donors (Lipinski definition) is 1. The molecule has 0 saturated carbocycles. The highest BCUT2D eigenvalue weighted by Crippen LogP contribution is 2.11. The molecule has 0 aliphatic heterocycles. The van der Waals surface area contributed by atoms with Gasteiger partial charge in [0.15, 0.2) is 0 Å². The number of hydrogen-bond acceptors (Lipinski definition) is 4. The van der Waals surface area contributed by atoms with Gasteiger partial charge in [-0.3, -0.25) is 14.9 Å². The van der Waals surface area contributed by atoms with Gasteiger partial charge in [-0.2, -0.15) is 0 Å². The normalized spacial score (nSPS) is 8.76. The van der Waals surface area contributed by atoms with Crippen LogP contribution in [0.4, 0.5) is 5.69 Å². The summed E-state index contributed by atoms with van der Waals surface area (Å²) in [5.74, 6) is -0.202. The van der Waals surface area contributed by atoms with Crippen LogP contribution >= 0.6 is 0 Å². The maximum Gasteiger partial charge on any atom is 0.381 e. The van der Waals surface area contributed by atoms with Gasteiger partial charge in [0, 0.05) is 24.2 Å². The number of benzene rings is 1. The van der Waals surface area contributed by atoms with E-state index >= 15 is 0 Å². The van der Waals surface area contributed by atoms with Crippen LogP contribution < -0.4 is 5.32 Å². The largest absolute Gasteiger partial charge is 0.381 e. The average Bonchev–Trinajstić information content (AvgIpc) is 2.38. The van der Waals surface area contributed by atoms with Gasteiger partial charge in [-0.1, -0.05) is 6.92 Å². The molecule has 0 atom stereocenters. The predicted octanol–water partition coefficient (Wildman–Crippen LogP) is 1.23. The molecule has 1 amide bonds. The number of carbonyl (C=O) groups excluding carboxylic acids is 1. The Morgan fingerprint density at radius 2 is 1.88 bits per heavy atom. The van der Waals surface area contributed by atoms with Gasteiger partial charge in [-0.15, -0.1) is 0 Å². The fourth-order valence-corrected chi connectivity index (χ4v) is 1.08. The van der Waals surface area contributed by atoms with Crippen LogP contribution in [0.1, 0.15) is 23.7 Å². The van der Waals surface area contributed by atoms with Crippen molar-refractivity contribution in [1.29, 1.82) is 0 Å². The molecular formula is C10H12N2O4Si. The summed E-state index contributed by atoms with van der Waals surface area (Å²) < 4.78 is 8.06. The number of rotatable bonds is 4. The van der Waals surface area contributed by atoms with Crippen molar-refractivity contribution >= 4 is 21.7 Å². The van der Waals surface area contributed by atoms with Crippen LogP contribution in [0.15, 0.2) is 24.3 Å². The first-order valence-corrected chi connectivity index (χ1v) is 5.29. The molecule has 1 aromatic carbocycles. The molecule has 2 radical (unpaired) electrons. The van der Waals surface area contributed by atoms with Crippen molar-refractivity contribution < 1.29 is 14.2 Å². The third-order valence-electron chi connectivity index (χ3n) is 1.88. The van der Waals surface area contributed by atoms with Crippen LogP contribution in [-0.4, -0.2) is 27.5 Å². The van der Waals surface area contributed by atoms with Crippen molar-refractivity contribution in [2.75, 3.05) is 6.54 Å². The van der Waals surface area contributed by atoms with E-state index in [0.29, 0.717) is 12.1 Å². The summed E-state index contributed by atoms with van der Waals surface area (Å²) in [7, 11) is 1.72. The molecule has 0 spiro atoms. The molecule has 0 aliphatic rings. The lowest BCUT2D eigenvalue weighted by Gasteiger charge is -2.02. The summed E-state index contributed by atoms with van der Waals surface area (Å²) >= 11 is 0. The van der Waals surface area contributed by atoms with Crippen molar-refractivity contribution in [1.82, 2.24) is 5.32 Å². The van der Waals surface area contributed by atoms with Gasteiger partial charge in [-0.25, -0.2) is 0 Å².